The first-order chi connectivity index (χ1) is 9.11. The van der Waals surface area contributed by atoms with Gasteiger partial charge < -0.3 is 10.2 Å². The van der Waals surface area contributed by atoms with Gasteiger partial charge in [0.15, 0.2) is 0 Å². The number of urea groups is 1. The fourth-order valence-electron chi connectivity index (χ4n) is 2.47. The van der Waals surface area contributed by atoms with Crippen molar-refractivity contribution in [1.82, 2.24) is 4.90 Å². The number of nitrogens with one attached hydrogen (secondary N) is 1. The van der Waals surface area contributed by atoms with Crippen LogP contribution in [0.5, 0.6) is 0 Å². The molecule has 0 aromatic heterocycles. The van der Waals surface area contributed by atoms with Gasteiger partial charge in [-0.3, -0.25) is 0 Å². The second kappa shape index (κ2) is 6.24. The molecule has 1 heterocycles. The number of piperidine rings is 1. The highest BCUT2D eigenvalue weighted by molar-refractivity contribution is 6.33. The number of rotatable bonds is 2. The molecule has 5 heteroatoms. The quantitative estimate of drug-likeness (QED) is 0.864. The molecule has 1 fully saturated rings. The summed E-state index contributed by atoms with van der Waals surface area (Å²) >= 11 is 5.91. The van der Waals surface area contributed by atoms with Gasteiger partial charge in [0.25, 0.3) is 0 Å². The Morgan fingerprint density at radius 1 is 1.53 bits per heavy atom. The summed E-state index contributed by atoms with van der Waals surface area (Å²) in [7, 11) is 0. The van der Waals surface area contributed by atoms with Gasteiger partial charge in [0.1, 0.15) is 5.82 Å². The number of benzene rings is 1. The van der Waals surface area contributed by atoms with Crippen LogP contribution in [0, 0.1) is 5.82 Å². The van der Waals surface area contributed by atoms with Gasteiger partial charge >= 0.3 is 6.03 Å². The smallest absolute Gasteiger partial charge is 0.322 e. The molecule has 1 atom stereocenters. The third kappa shape index (κ3) is 3.38. The zero-order valence-electron chi connectivity index (χ0n) is 11.0. The van der Waals surface area contributed by atoms with Crippen molar-refractivity contribution in [2.24, 2.45) is 0 Å². The average molecular weight is 285 g/mol. The van der Waals surface area contributed by atoms with E-state index in [1.807, 2.05) is 4.90 Å². The number of amides is 2. The monoisotopic (exact) mass is 284 g/mol. The Balaban J connectivity index is 2.07. The second-order valence-corrected chi connectivity index (χ2v) is 5.21. The lowest BCUT2D eigenvalue weighted by atomic mass is 10.0. The number of halogens is 2. The molecule has 1 saturated heterocycles. The predicted molar refractivity (Wildman–Crippen MR) is 75.1 cm³/mol. The molecule has 0 aliphatic carbocycles. The molecule has 1 aliphatic rings. The Bertz CT molecular complexity index is 467. The van der Waals surface area contributed by atoms with Crippen molar-refractivity contribution in [3.05, 3.63) is 29.0 Å². The van der Waals surface area contributed by atoms with Crippen molar-refractivity contribution >= 4 is 23.3 Å². The van der Waals surface area contributed by atoms with Crippen molar-refractivity contribution in [2.75, 3.05) is 11.9 Å². The Morgan fingerprint density at radius 2 is 2.32 bits per heavy atom. The number of hydrogen-bond acceptors (Lipinski definition) is 1. The number of hydrogen-bond donors (Lipinski definition) is 1. The lowest BCUT2D eigenvalue weighted by Gasteiger charge is -2.35. The Hall–Kier alpha value is -1.29. The molecule has 1 aromatic rings. The third-order valence-electron chi connectivity index (χ3n) is 3.53. The summed E-state index contributed by atoms with van der Waals surface area (Å²) in [6, 6.07) is 4.10. The number of anilines is 1. The summed E-state index contributed by atoms with van der Waals surface area (Å²) in [4.78, 5) is 14.1. The largest absolute Gasteiger partial charge is 0.322 e. The molecule has 0 radical (unpaired) electrons. The number of nitrogens with zero attached hydrogens (tertiary/aromatic N) is 1. The van der Waals surface area contributed by atoms with Crippen molar-refractivity contribution in [1.29, 1.82) is 0 Å². The van der Waals surface area contributed by atoms with Gasteiger partial charge in [-0.15, -0.1) is 0 Å². The minimum atomic E-state index is -0.410. The minimum absolute atomic E-state index is 0.153. The maximum atomic E-state index is 12.9. The van der Waals surface area contributed by atoms with Crippen LogP contribution in [-0.4, -0.2) is 23.5 Å². The zero-order valence-corrected chi connectivity index (χ0v) is 11.7. The SMILES string of the molecule is CCC1CCCCN1C(=O)Nc1ccc(F)cc1Cl. The summed E-state index contributed by atoms with van der Waals surface area (Å²) in [6.45, 7) is 2.85. The molecule has 2 rings (SSSR count). The van der Waals surface area contributed by atoms with Crippen LogP contribution in [0.15, 0.2) is 18.2 Å². The molecule has 1 aromatic carbocycles. The molecule has 104 valence electrons. The standard InChI is InChI=1S/C14H18ClFN2O/c1-2-11-5-3-4-8-18(11)14(19)17-13-7-6-10(16)9-12(13)15/h6-7,9,11H,2-5,8H2,1H3,(H,17,19). The van der Waals surface area contributed by atoms with E-state index in [4.69, 9.17) is 11.6 Å². The fraction of sp³-hybridized carbons (Fsp3) is 0.500. The van der Waals surface area contributed by atoms with Crippen LogP contribution >= 0.6 is 11.6 Å². The van der Waals surface area contributed by atoms with Gasteiger partial charge in [0.2, 0.25) is 0 Å². The van der Waals surface area contributed by atoms with Gasteiger partial charge in [0, 0.05) is 12.6 Å². The van der Waals surface area contributed by atoms with E-state index >= 15 is 0 Å². The third-order valence-corrected chi connectivity index (χ3v) is 3.84. The van der Waals surface area contributed by atoms with E-state index in [9.17, 15) is 9.18 Å². The van der Waals surface area contributed by atoms with Crippen LogP contribution in [0.1, 0.15) is 32.6 Å². The highest BCUT2D eigenvalue weighted by Gasteiger charge is 2.25. The van der Waals surface area contributed by atoms with Gasteiger partial charge in [0.05, 0.1) is 10.7 Å². The van der Waals surface area contributed by atoms with E-state index in [2.05, 4.69) is 12.2 Å². The lowest BCUT2D eigenvalue weighted by molar-refractivity contribution is 0.160. The number of likely N-dealkylation sites (tertiary alicyclic amines) is 1. The number of carbonyl (C=O) groups excluding carboxylic acids is 1. The molecule has 0 saturated carbocycles. The van der Waals surface area contributed by atoms with Crippen LogP contribution in [0.3, 0.4) is 0 Å². The van der Waals surface area contributed by atoms with E-state index in [1.165, 1.54) is 24.6 Å². The molecule has 3 nitrogen and oxygen atoms in total. The fourth-order valence-corrected chi connectivity index (χ4v) is 2.68. The van der Waals surface area contributed by atoms with Crippen molar-refractivity contribution in [3.8, 4) is 0 Å². The summed E-state index contributed by atoms with van der Waals surface area (Å²) in [5.41, 5.74) is 0.452. The number of carbonyl (C=O) groups is 1. The van der Waals surface area contributed by atoms with Crippen molar-refractivity contribution in [3.63, 3.8) is 0 Å². The average Bonchev–Trinajstić information content (AvgIpc) is 2.41. The molecule has 1 unspecified atom stereocenters. The van der Waals surface area contributed by atoms with Crippen LogP contribution in [0.4, 0.5) is 14.9 Å². The van der Waals surface area contributed by atoms with E-state index in [0.29, 0.717) is 5.69 Å². The summed E-state index contributed by atoms with van der Waals surface area (Å²) in [5, 5.41) is 2.98. The predicted octanol–water partition coefficient (Wildman–Crippen LogP) is 4.28. The van der Waals surface area contributed by atoms with E-state index < -0.39 is 5.82 Å². The first kappa shape index (κ1) is 14.1. The first-order valence-corrected chi connectivity index (χ1v) is 7.02. The lowest BCUT2D eigenvalue weighted by Crippen LogP contribution is -2.45. The molecular formula is C14H18ClFN2O. The van der Waals surface area contributed by atoms with Crippen LogP contribution in [0.25, 0.3) is 0 Å². The normalized spacial score (nSPS) is 19.3. The van der Waals surface area contributed by atoms with Crippen LogP contribution in [-0.2, 0) is 0 Å². The van der Waals surface area contributed by atoms with Gasteiger partial charge in [-0.2, -0.15) is 0 Å². The summed E-state index contributed by atoms with van der Waals surface area (Å²) in [6.07, 6.45) is 4.19. The van der Waals surface area contributed by atoms with Gasteiger partial charge in [-0.1, -0.05) is 18.5 Å². The molecule has 0 spiro atoms. The molecule has 1 N–H and O–H groups in total. The van der Waals surface area contributed by atoms with E-state index in [1.54, 1.807) is 0 Å². The van der Waals surface area contributed by atoms with Crippen molar-refractivity contribution in [2.45, 2.75) is 38.6 Å². The maximum Gasteiger partial charge on any atom is 0.322 e. The highest BCUT2D eigenvalue weighted by atomic mass is 35.5. The molecule has 0 bridgehead atoms. The Morgan fingerprint density at radius 3 is 3.00 bits per heavy atom. The molecule has 2 amide bonds. The van der Waals surface area contributed by atoms with E-state index in [-0.39, 0.29) is 17.1 Å². The van der Waals surface area contributed by atoms with E-state index in [0.717, 1.165) is 25.8 Å². The molecular weight excluding hydrogens is 267 g/mol. The Kier molecular flexibility index (Phi) is 4.64. The van der Waals surface area contributed by atoms with Gasteiger partial charge in [-0.25, -0.2) is 9.18 Å². The van der Waals surface area contributed by atoms with Crippen LogP contribution < -0.4 is 5.32 Å². The second-order valence-electron chi connectivity index (χ2n) is 4.81. The zero-order chi connectivity index (χ0) is 13.8. The van der Waals surface area contributed by atoms with Gasteiger partial charge in [-0.05, 0) is 43.9 Å². The summed E-state index contributed by atoms with van der Waals surface area (Å²) in [5.74, 6) is -0.410. The minimum Gasteiger partial charge on any atom is -0.322 e. The molecule has 19 heavy (non-hydrogen) atoms. The first-order valence-electron chi connectivity index (χ1n) is 6.64. The molecule has 1 aliphatic heterocycles. The maximum absolute atomic E-state index is 12.9. The Labute approximate surface area is 117 Å². The van der Waals surface area contributed by atoms with Crippen molar-refractivity contribution < 1.29 is 9.18 Å². The topological polar surface area (TPSA) is 32.3 Å². The highest BCUT2D eigenvalue weighted by Crippen LogP contribution is 2.25. The van der Waals surface area contributed by atoms with Crippen LogP contribution in [0.2, 0.25) is 5.02 Å². The summed E-state index contributed by atoms with van der Waals surface area (Å²) < 4.78 is 12.9.